The molecule has 0 radical (unpaired) electrons. The van der Waals surface area contributed by atoms with Crippen LogP contribution in [0.15, 0.2) is 118 Å². The van der Waals surface area contributed by atoms with Crippen LogP contribution in [0.2, 0.25) is 0 Å². The number of aliphatic imine (C=N–C) groups is 1. The summed E-state index contributed by atoms with van der Waals surface area (Å²) in [5, 5.41) is 15.5. The van der Waals surface area contributed by atoms with Crippen molar-refractivity contribution >= 4 is 21.6 Å². The number of carbonyl (C=O) groups is 1. The van der Waals surface area contributed by atoms with E-state index in [1.807, 2.05) is 0 Å². The lowest BCUT2D eigenvalue weighted by Crippen LogP contribution is -2.49. The Hall–Kier alpha value is -5.37. The van der Waals surface area contributed by atoms with Crippen molar-refractivity contribution in [3.8, 4) is 5.75 Å². The third-order valence-electron chi connectivity index (χ3n) is 8.26. The highest BCUT2D eigenvalue weighted by atomic mass is 32.2. The predicted molar refractivity (Wildman–Crippen MR) is 182 cm³/mol. The van der Waals surface area contributed by atoms with Crippen LogP contribution in [0.3, 0.4) is 0 Å². The summed E-state index contributed by atoms with van der Waals surface area (Å²) >= 11 is 0. The largest absolute Gasteiger partial charge is 0.494 e. The minimum Gasteiger partial charge on any atom is -0.494 e. The molecule has 0 saturated carbocycles. The van der Waals surface area contributed by atoms with Gasteiger partial charge in [-0.3, -0.25) is 4.79 Å². The number of alkyl halides is 3. The van der Waals surface area contributed by atoms with E-state index in [1.165, 1.54) is 24.3 Å². The van der Waals surface area contributed by atoms with E-state index >= 15 is 0 Å². The summed E-state index contributed by atoms with van der Waals surface area (Å²) in [6, 6.07) is 25.5. The van der Waals surface area contributed by atoms with Gasteiger partial charge in [-0.25, -0.2) is 13.4 Å². The second kappa shape index (κ2) is 16.1. The van der Waals surface area contributed by atoms with Gasteiger partial charge in [-0.15, -0.1) is 0 Å². The van der Waals surface area contributed by atoms with Gasteiger partial charge in [0, 0.05) is 36.5 Å². The summed E-state index contributed by atoms with van der Waals surface area (Å²) in [6.45, 7) is -0.0427. The molecule has 11 nitrogen and oxygen atoms in total. The number of nitrogens with zero attached hydrogens (tertiary/aromatic N) is 4. The van der Waals surface area contributed by atoms with E-state index in [9.17, 15) is 26.4 Å². The van der Waals surface area contributed by atoms with Crippen LogP contribution in [0, 0.1) is 0 Å². The van der Waals surface area contributed by atoms with Crippen molar-refractivity contribution < 1.29 is 41.0 Å². The fourth-order valence-electron chi connectivity index (χ4n) is 5.57. The zero-order valence-electron chi connectivity index (χ0n) is 27.2. The van der Waals surface area contributed by atoms with Gasteiger partial charge in [-0.2, -0.15) is 13.2 Å². The quantitative estimate of drug-likeness (QED) is 0.0600. The maximum Gasteiger partial charge on any atom is 0.416 e. The van der Waals surface area contributed by atoms with Crippen LogP contribution < -0.4 is 10.1 Å². The minimum absolute atomic E-state index is 0.0299. The first-order valence-corrected chi connectivity index (χ1v) is 17.5. The van der Waals surface area contributed by atoms with Crippen LogP contribution in [-0.4, -0.2) is 49.8 Å². The number of hydrogen-bond donors (Lipinski definition) is 2. The Bertz CT molecular complexity index is 2000. The Labute approximate surface area is 292 Å². The van der Waals surface area contributed by atoms with E-state index in [4.69, 9.17) is 25.1 Å². The number of benzene rings is 4. The van der Waals surface area contributed by atoms with E-state index in [2.05, 4.69) is 15.3 Å². The van der Waals surface area contributed by atoms with Crippen LogP contribution in [0.1, 0.15) is 46.8 Å². The van der Waals surface area contributed by atoms with Gasteiger partial charge < -0.3 is 19.9 Å². The van der Waals surface area contributed by atoms with Crippen LogP contribution in [-0.2, 0) is 38.6 Å². The molecule has 4 aromatic rings. The minimum atomic E-state index is -4.54. The zero-order valence-corrected chi connectivity index (χ0v) is 28.0. The number of carbonyl (C=O) groups excluding carboxylic acids is 1. The van der Waals surface area contributed by atoms with E-state index in [-0.39, 0.29) is 43.5 Å². The SMILES string of the molecule is [N-]=[N+]=NCc1ccccc1[C@H]1OC(c2ccc(OCCCO)cc2)=N[C@@]1(CCS(=O)(=O)c1ccccc1)C(=O)NCc1ccc(C(F)(F)F)cc1. The lowest BCUT2D eigenvalue weighted by Gasteiger charge is -2.31. The number of aliphatic hydroxyl groups excluding tert-OH is 1. The summed E-state index contributed by atoms with van der Waals surface area (Å²) < 4.78 is 78.8. The van der Waals surface area contributed by atoms with Crippen molar-refractivity contribution in [2.45, 2.75) is 48.6 Å². The Kier molecular flexibility index (Phi) is 11.7. The molecule has 1 aliphatic rings. The molecule has 0 fully saturated rings. The highest BCUT2D eigenvalue weighted by molar-refractivity contribution is 7.91. The lowest BCUT2D eigenvalue weighted by molar-refractivity contribution is -0.137. The molecular formula is C36H34F3N5O6S. The van der Waals surface area contributed by atoms with Crippen molar-refractivity contribution in [3.63, 3.8) is 0 Å². The van der Waals surface area contributed by atoms with Crippen molar-refractivity contribution in [2.75, 3.05) is 19.0 Å². The zero-order chi connectivity index (χ0) is 36.5. The highest BCUT2D eigenvalue weighted by Crippen LogP contribution is 2.44. The fraction of sp³-hybridized carbons (Fsp3) is 0.278. The smallest absolute Gasteiger partial charge is 0.416 e. The fourth-order valence-corrected chi connectivity index (χ4v) is 6.96. The number of hydrogen-bond acceptors (Lipinski definition) is 8. The van der Waals surface area contributed by atoms with E-state index in [0.717, 1.165) is 12.1 Å². The van der Waals surface area contributed by atoms with Gasteiger partial charge in [0.1, 0.15) is 5.75 Å². The molecule has 2 atom stereocenters. The summed E-state index contributed by atoms with van der Waals surface area (Å²) in [5.41, 5.74) is 8.06. The molecule has 1 aliphatic heterocycles. The molecule has 0 aliphatic carbocycles. The van der Waals surface area contributed by atoms with E-state index in [1.54, 1.807) is 66.7 Å². The van der Waals surface area contributed by atoms with Gasteiger partial charge in [0.2, 0.25) is 5.90 Å². The Morgan fingerprint density at radius 2 is 1.69 bits per heavy atom. The third kappa shape index (κ3) is 8.87. The van der Waals surface area contributed by atoms with Gasteiger partial charge in [0.15, 0.2) is 21.5 Å². The molecule has 266 valence electrons. The summed E-state index contributed by atoms with van der Waals surface area (Å²) in [6.07, 6.45) is -5.67. The molecule has 4 aromatic carbocycles. The Morgan fingerprint density at radius 1 is 1.00 bits per heavy atom. The molecule has 0 bridgehead atoms. The second-order valence-electron chi connectivity index (χ2n) is 11.6. The molecule has 2 N–H and O–H groups in total. The van der Waals surface area contributed by atoms with Gasteiger partial charge in [-0.1, -0.05) is 59.7 Å². The van der Waals surface area contributed by atoms with Crippen LogP contribution >= 0.6 is 0 Å². The molecule has 1 heterocycles. The highest BCUT2D eigenvalue weighted by Gasteiger charge is 2.54. The second-order valence-corrected chi connectivity index (χ2v) is 13.7. The first-order chi connectivity index (χ1) is 24.5. The number of aliphatic hydroxyl groups is 1. The molecule has 1 amide bonds. The van der Waals surface area contributed by atoms with Gasteiger partial charge >= 0.3 is 6.18 Å². The molecule has 0 aromatic heterocycles. The topological polar surface area (TPSA) is 163 Å². The first-order valence-electron chi connectivity index (χ1n) is 15.9. The number of sulfone groups is 1. The molecule has 0 saturated heterocycles. The Balaban J connectivity index is 1.58. The number of rotatable bonds is 15. The number of nitrogens with one attached hydrogen (secondary N) is 1. The van der Waals surface area contributed by atoms with Crippen LogP contribution in [0.5, 0.6) is 5.75 Å². The average Bonchev–Trinajstić information content (AvgIpc) is 3.53. The number of amides is 1. The van der Waals surface area contributed by atoms with Crippen LogP contribution in [0.4, 0.5) is 13.2 Å². The van der Waals surface area contributed by atoms with Crippen molar-refractivity contribution in [1.29, 1.82) is 0 Å². The normalized spacial score (nSPS) is 17.2. The monoisotopic (exact) mass is 721 g/mol. The number of ether oxygens (including phenoxy) is 2. The van der Waals surface area contributed by atoms with E-state index in [0.29, 0.717) is 34.4 Å². The molecule has 0 unspecified atom stereocenters. The van der Waals surface area contributed by atoms with Gasteiger partial charge in [0.25, 0.3) is 5.91 Å². The molecule has 51 heavy (non-hydrogen) atoms. The summed E-state index contributed by atoms with van der Waals surface area (Å²) in [7, 11) is -3.95. The predicted octanol–water partition coefficient (Wildman–Crippen LogP) is 6.71. The lowest BCUT2D eigenvalue weighted by atomic mass is 9.83. The maximum absolute atomic E-state index is 14.5. The number of halogens is 3. The Morgan fingerprint density at radius 3 is 2.35 bits per heavy atom. The summed E-state index contributed by atoms with van der Waals surface area (Å²) in [4.78, 5) is 22.2. The molecule has 15 heteroatoms. The third-order valence-corrected chi connectivity index (χ3v) is 9.99. The molecular weight excluding hydrogens is 687 g/mol. The van der Waals surface area contributed by atoms with E-state index < -0.39 is 44.9 Å². The van der Waals surface area contributed by atoms with Crippen molar-refractivity contribution in [1.82, 2.24) is 5.32 Å². The summed E-state index contributed by atoms with van der Waals surface area (Å²) in [5.74, 6) is -0.704. The first kappa shape index (κ1) is 36.9. The average molecular weight is 722 g/mol. The standard InChI is InChI=1S/C36H34F3N5O6S/c37-36(38,39)28-15-11-25(12-16-28)23-41-34(46)35(19-22-51(47,48)30-8-2-1-3-9-30)32(31-10-5-4-7-27(31)24-42-44-40)50-33(43-35)26-13-17-29(18-14-26)49-21-6-20-45/h1-5,7-18,32,45H,6,19-24H2,(H,41,46)/t32-,35-/m1/s1. The van der Waals surface area contributed by atoms with Crippen molar-refractivity contribution in [3.05, 3.63) is 141 Å². The molecule has 0 spiro atoms. The molecule has 5 rings (SSSR count). The van der Waals surface area contributed by atoms with Crippen LogP contribution in [0.25, 0.3) is 10.4 Å². The van der Waals surface area contributed by atoms with Crippen molar-refractivity contribution in [2.24, 2.45) is 10.1 Å². The maximum atomic E-state index is 14.5. The number of azide groups is 1. The van der Waals surface area contributed by atoms with Gasteiger partial charge in [0.05, 0.1) is 29.4 Å². The van der Waals surface area contributed by atoms with Gasteiger partial charge in [-0.05, 0) is 70.8 Å².